The number of para-hydroxylation sites is 1. The highest BCUT2D eigenvalue weighted by Crippen LogP contribution is 2.32. The van der Waals surface area contributed by atoms with Crippen LogP contribution in [0.15, 0.2) is 71.4 Å². The summed E-state index contributed by atoms with van der Waals surface area (Å²) in [6.07, 6.45) is 3.37. The molecule has 1 aliphatic rings. The van der Waals surface area contributed by atoms with Crippen molar-refractivity contribution in [3.05, 3.63) is 78.6 Å². The minimum atomic E-state index is -0.471. The molecule has 0 saturated carbocycles. The second-order valence-corrected chi connectivity index (χ2v) is 7.92. The maximum absolute atomic E-state index is 13.4. The molecule has 178 valence electrons. The summed E-state index contributed by atoms with van der Waals surface area (Å²) in [5, 5.41) is 3.37. The summed E-state index contributed by atoms with van der Waals surface area (Å²) in [6, 6.07) is 14.2. The van der Waals surface area contributed by atoms with Gasteiger partial charge in [-0.25, -0.2) is 14.4 Å². The fourth-order valence-corrected chi connectivity index (χ4v) is 3.88. The standard InChI is InChI=1S/C25H22FN5O4/c26-17-6-8-18(9-7-17)34-16-21(32)29-22-19-4-1-2-5-20(19)35-23(22)24(33)30-12-14-31(15-13-30)25-27-10-3-11-28-25/h1-11H,12-16H2,(H,29,32). The molecule has 10 heteroatoms. The highest BCUT2D eigenvalue weighted by molar-refractivity contribution is 6.11. The van der Waals surface area contributed by atoms with E-state index in [4.69, 9.17) is 9.15 Å². The number of amides is 2. The number of anilines is 2. The zero-order valence-corrected chi connectivity index (χ0v) is 18.7. The van der Waals surface area contributed by atoms with Crippen LogP contribution in [-0.4, -0.2) is 59.5 Å². The second-order valence-electron chi connectivity index (χ2n) is 7.92. The molecule has 2 amide bonds. The van der Waals surface area contributed by atoms with Crippen LogP contribution >= 0.6 is 0 Å². The number of aromatic nitrogens is 2. The minimum Gasteiger partial charge on any atom is -0.484 e. The van der Waals surface area contributed by atoms with Gasteiger partial charge in [-0.1, -0.05) is 12.1 Å². The Bertz CT molecular complexity index is 1340. The number of nitrogens with zero attached hydrogens (tertiary/aromatic N) is 4. The summed E-state index contributed by atoms with van der Waals surface area (Å²) in [6.45, 7) is 1.74. The van der Waals surface area contributed by atoms with Crippen molar-refractivity contribution < 1.29 is 23.1 Å². The lowest BCUT2D eigenvalue weighted by Crippen LogP contribution is -2.49. The Morgan fingerprint density at radius 2 is 1.69 bits per heavy atom. The van der Waals surface area contributed by atoms with Gasteiger partial charge in [-0.3, -0.25) is 9.59 Å². The Morgan fingerprint density at radius 1 is 0.971 bits per heavy atom. The molecule has 0 bridgehead atoms. The molecule has 0 radical (unpaired) electrons. The number of benzene rings is 2. The summed E-state index contributed by atoms with van der Waals surface area (Å²) in [4.78, 5) is 38.3. The van der Waals surface area contributed by atoms with Gasteiger partial charge in [0.15, 0.2) is 6.61 Å². The molecule has 3 heterocycles. The first-order chi connectivity index (χ1) is 17.1. The molecular weight excluding hydrogens is 453 g/mol. The van der Waals surface area contributed by atoms with Gasteiger partial charge >= 0.3 is 0 Å². The topological polar surface area (TPSA) is 101 Å². The van der Waals surface area contributed by atoms with E-state index in [-0.39, 0.29) is 18.3 Å². The van der Waals surface area contributed by atoms with Crippen molar-refractivity contribution in [3.63, 3.8) is 0 Å². The monoisotopic (exact) mass is 475 g/mol. The van der Waals surface area contributed by atoms with Crippen LogP contribution in [0.3, 0.4) is 0 Å². The van der Waals surface area contributed by atoms with Gasteiger partial charge in [0.25, 0.3) is 11.8 Å². The summed E-state index contributed by atoms with van der Waals surface area (Å²) in [5.74, 6) is -0.143. The van der Waals surface area contributed by atoms with Gasteiger partial charge in [-0.15, -0.1) is 0 Å². The summed E-state index contributed by atoms with van der Waals surface area (Å²) >= 11 is 0. The van der Waals surface area contributed by atoms with Gasteiger partial charge in [0.2, 0.25) is 11.7 Å². The molecule has 9 nitrogen and oxygen atoms in total. The molecule has 35 heavy (non-hydrogen) atoms. The summed E-state index contributed by atoms with van der Waals surface area (Å²) in [7, 11) is 0. The zero-order chi connectivity index (χ0) is 24.2. The molecule has 0 unspecified atom stereocenters. The van der Waals surface area contributed by atoms with Gasteiger partial charge < -0.3 is 24.3 Å². The maximum atomic E-state index is 13.4. The first kappa shape index (κ1) is 22.3. The highest BCUT2D eigenvalue weighted by atomic mass is 19.1. The van der Waals surface area contributed by atoms with Crippen molar-refractivity contribution in [2.75, 3.05) is 43.0 Å². The third kappa shape index (κ3) is 4.91. The normalized spacial score (nSPS) is 13.6. The minimum absolute atomic E-state index is 0.0609. The van der Waals surface area contributed by atoms with Crippen LogP contribution in [0.25, 0.3) is 11.0 Å². The van der Waals surface area contributed by atoms with Crippen molar-refractivity contribution >= 4 is 34.4 Å². The average Bonchev–Trinajstić information content (AvgIpc) is 3.27. The number of furan rings is 1. The van der Waals surface area contributed by atoms with E-state index in [0.717, 1.165) is 0 Å². The van der Waals surface area contributed by atoms with Crippen molar-refractivity contribution in [1.82, 2.24) is 14.9 Å². The van der Waals surface area contributed by atoms with Gasteiger partial charge in [0.05, 0.1) is 0 Å². The number of fused-ring (bicyclic) bond motifs is 1. The van der Waals surface area contributed by atoms with Crippen LogP contribution in [0.1, 0.15) is 10.6 Å². The van der Waals surface area contributed by atoms with E-state index < -0.39 is 11.7 Å². The predicted molar refractivity (Wildman–Crippen MR) is 127 cm³/mol. The van der Waals surface area contributed by atoms with Crippen LogP contribution < -0.4 is 15.0 Å². The number of hydrogen-bond acceptors (Lipinski definition) is 7. The average molecular weight is 475 g/mol. The third-order valence-corrected chi connectivity index (χ3v) is 5.64. The molecule has 5 rings (SSSR count). The lowest BCUT2D eigenvalue weighted by Gasteiger charge is -2.34. The fraction of sp³-hybridized carbons (Fsp3) is 0.200. The fourth-order valence-electron chi connectivity index (χ4n) is 3.88. The van der Waals surface area contributed by atoms with E-state index >= 15 is 0 Å². The van der Waals surface area contributed by atoms with Gasteiger partial charge in [-0.2, -0.15) is 0 Å². The lowest BCUT2D eigenvalue weighted by molar-refractivity contribution is -0.118. The van der Waals surface area contributed by atoms with Gasteiger partial charge in [0.1, 0.15) is 22.8 Å². The number of carbonyl (C=O) groups is 2. The molecule has 0 atom stereocenters. The Labute approximate surface area is 200 Å². The van der Waals surface area contributed by atoms with Crippen molar-refractivity contribution in [3.8, 4) is 5.75 Å². The van der Waals surface area contributed by atoms with Crippen LogP contribution in [0, 0.1) is 5.82 Å². The van der Waals surface area contributed by atoms with E-state index in [1.807, 2.05) is 4.90 Å². The van der Waals surface area contributed by atoms with Crippen LogP contribution in [0.2, 0.25) is 0 Å². The Balaban J connectivity index is 1.30. The Morgan fingerprint density at radius 3 is 2.43 bits per heavy atom. The number of piperazine rings is 1. The predicted octanol–water partition coefficient (Wildman–Crippen LogP) is 3.34. The number of rotatable bonds is 6. The number of halogens is 1. The third-order valence-electron chi connectivity index (χ3n) is 5.64. The molecule has 0 aliphatic carbocycles. The molecular formula is C25H22FN5O4. The number of ether oxygens (including phenoxy) is 1. The SMILES string of the molecule is O=C(COc1ccc(F)cc1)Nc1c(C(=O)N2CCN(c3ncccn3)CC2)oc2ccccc12. The Hall–Kier alpha value is -4.47. The quantitative estimate of drug-likeness (QED) is 0.456. The smallest absolute Gasteiger partial charge is 0.291 e. The number of nitrogens with one attached hydrogen (secondary N) is 1. The molecule has 4 aromatic rings. The van der Waals surface area contributed by atoms with Gasteiger partial charge in [0, 0.05) is 44.0 Å². The molecule has 1 aliphatic heterocycles. The van der Waals surface area contributed by atoms with E-state index in [1.54, 1.807) is 47.6 Å². The van der Waals surface area contributed by atoms with Crippen molar-refractivity contribution in [2.24, 2.45) is 0 Å². The molecule has 1 N–H and O–H groups in total. The van der Waals surface area contributed by atoms with Crippen molar-refractivity contribution in [1.29, 1.82) is 0 Å². The van der Waals surface area contributed by atoms with Crippen LogP contribution in [0.4, 0.5) is 16.0 Å². The van der Waals surface area contributed by atoms with Crippen molar-refractivity contribution in [2.45, 2.75) is 0 Å². The maximum Gasteiger partial charge on any atom is 0.291 e. The first-order valence-corrected chi connectivity index (χ1v) is 11.1. The van der Waals surface area contributed by atoms with E-state index in [0.29, 0.717) is 54.5 Å². The Kier molecular flexibility index (Phi) is 6.25. The first-order valence-electron chi connectivity index (χ1n) is 11.1. The van der Waals surface area contributed by atoms with E-state index in [2.05, 4.69) is 15.3 Å². The summed E-state index contributed by atoms with van der Waals surface area (Å²) in [5.41, 5.74) is 0.786. The molecule has 1 saturated heterocycles. The van der Waals surface area contributed by atoms with Crippen LogP contribution in [0.5, 0.6) is 5.75 Å². The highest BCUT2D eigenvalue weighted by Gasteiger charge is 2.29. The molecule has 0 spiro atoms. The molecule has 2 aromatic carbocycles. The zero-order valence-electron chi connectivity index (χ0n) is 18.7. The second kappa shape index (κ2) is 9.80. The van der Waals surface area contributed by atoms with Gasteiger partial charge in [-0.05, 0) is 42.5 Å². The van der Waals surface area contributed by atoms with E-state index in [9.17, 15) is 14.0 Å². The van der Waals surface area contributed by atoms with E-state index in [1.165, 1.54) is 24.3 Å². The summed E-state index contributed by atoms with van der Waals surface area (Å²) < 4.78 is 24.4. The number of carbonyl (C=O) groups excluding carboxylic acids is 2. The molecule has 2 aromatic heterocycles. The number of hydrogen-bond donors (Lipinski definition) is 1. The van der Waals surface area contributed by atoms with Crippen LogP contribution in [-0.2, 0) is 4.79 Å². The largest absolute Gasteiger partial charge is 0.484 e. The lowest BCUT2D eigenvalue weighted by atomic mass is 10.2. The molecule has 1 fully saturated rings.